The molecule has 8 rings (SSSR count). The lowest BCUT2D eigenvalue weighted by atomic mass is 9.83. The third kappa shape index (κ3) is 7.50. The first-order valence-electron chi connectivity index (χ1n) is 18.7. The maximum absolute atomic E-state index is 14.4. The van der Waals surface area contributed by atoms with Crippen LogP contribution in [0.15, 0.2) is 127 Å². The molecule has 0 N–H and O–H groups in total. The molecule has 10 heteroatoms. The molecule has 0 bridgehead atoms. The molecule has 5 aromatic carbocycles. The van der Waals surface area contributed by atoms with Gasteiger partial charge in [-0.05, 0) is 183 Å². The summed E-state index contributed by atoms with van der Waals surface area (Å²) in [6.45, 7) is 4.23. The van der Waals surface area contributed by atoms with Crippen molar-refractivity contribution in [3.63, 3.8) is 0 Å². The zero-order chi connectivity index (χ0) is 39.0. The van der Waals surface area contributed by atoms with Gasteiger partial charge in [0.25, 0.3) is 0 Å². The van der Waals surface area contributed by atoms with E-state index in [1.165, 1.54) is 37.1 Å². The van der Waals surface area contributed by atoms with Crippen molar-refractivity contribution in [1.82, 2.24) is 0 Å². The Labute approximate surface area is 362 Å². The van der Waals surface area contributed by atoms with E-state index in [0.717, 1.165) is 75.6 Å². The molecular weight excluding hydrogens is 964 g/mol. The predicted octanol–water partition coefficient (Wildman–Crippen LogP) is 12.6. The largest absolute Gasteiger partial charge is 0.497 e. The molecule has 0 atom stereocenters. The van der Waals surface area contributed by atoms with Gasteiger partial charge in [-0.3, -0.25) is 0 Å². The van der Waals surface area contributed by atoms with Crippen LogP contribution in [-0.2, 0) is 10.3 Å². The van der Waals surface area contributed by atoms with E-state index in [-0.39, 0.29) is 0 Å². The van der Waals surface area contributed by atoms with Gasteiger partial charge in [-0.1, -0.05) is 48.5 Å². The van der Waals surface area contributed by atoms with Crippen LogP contribution < -0.4 is 19.3 Å². The van der Waals surface area contributed by atoms with E-state index in [0.29, 0.717) is 24.5 Å². The first-order chi connectivity index (χ1) is 27.2. The van der Waals surface area contributed by atoms with Gasteiger partial charge in [0.2, 0.25) is 0 Å². The molecule has 2 saturated heterocycles. The summed E-state index contributed by atoms with van der Waals surface area (Å²) in [5.41, 5.74) is 7.82. The summed E-state index contributed by atoms with van der Waals surface area (Å²) < 4.78 is 20.7. The first kappa shape index (κ1) is 39.0. The first-order valence-corrected chi connectivity index (χ1v) is 21.9. The molecule has 0 saturated carbocycles. The molecule has 3 aliphatic heterocycles. The van der Waals surface area contributed by atoms with E-state index in [9.17, 15) is 4.79 Å². The van der Waals surface area contributed by atoms with Crippen LogP contribution >= 0.6 is 63.7 Å². The van der Waals surface area contributed by atoms with Crippen molar-refractivity contribution in [3.05, 3.63) is 160 Å². The van der Waals surface area contributed by atoms with Gasteiger partial charge < -0.3 is 24.0 Å². The van der Waals surface area contributed by atoms with Crippen molar-refractivity contribution in [2.45, 2.75) is 31.3 Å². The number of halogens is 4. The van der Waals surface area contributed by atoms with E-state index >= 15 is 0 Å². The van der Waals surface area contributed by atoms with Crippen molar-refractivity contribution in [2.75, 3.05) is 50.2 Å². The third-order valence-electron chi connectivity index (χ3n) is 10.9. The van der Waals surface area contributed by atoms with Crippen molar-refractivity contribution in [2.24, 2.45) is 0 Å². The van der Waals surface area contributed by atoms with E-state index < -0.39 is 11.6 Å². The minimum Gasteiger partial charge on any atom is -0.497 e. The molecule has 0 aromatic heterocycles. The smallest absolute Gasteiger partial charge is 0.341 e. The highest BCUT2D eigenvalue weighted by Crippen LogP contribution is 2.54. The number of benzene rings is 5. The maximum atomic E-state index is 14.4. The van der Waals surface area contributed by atoms with Crippen LogP contribution in [0.2, 0.25) is 0 Å². The quantitative estimate of drug-likeness (QED) is 0.0789. The lowest BCUT2D eigenvalue weighted by molar-refractivity contribution is 0.0298. The molecule has 286 valence electrons. The number of ether oxygens (including phenoxy) is 3. The number of rotatable bonds is 10. The van der Waals surface area contributed by atoms with Crippen molar-refractivity contribution in [3.8, 4) is 11.5 Å². The Morgan fingerprint density at radius 1 is 0.554 bits per heavy atom. The van der Waals surface area contributed by atoms with E-state index in [1.807, 2.05) is 24.3 Å². The Hall–Kier alpha value is -3.83. The van der Waals surface area contributed by atoms with Crippen LogP contribution in [-0.4, -0.2) is 46.4 Å². The summed E-state index contributed by atoms with van der Waals surface area (Å²) in [5.74, 6) is 1.07. The molecule has 5 aromatic rings. The fourth-order valence-electron chi connectivity index (χ4n) is 7.98. The summed E-state index contributed by atoms with van der Waals surface area (Å²) >= 11 is 15.2. The van der Waals surface area contributed by atoms with Crippen molar-refractivity contribution < 1.29 is 19.0 Å². The average molecular weight is 1000 g/mol. The Kier molecular flexibility index (Phi) is 11.5. The van der Waals surface area contributed by atoms with E-state index in [2.05, 4.69) is 158 Å². The van der Waals surface area contributed by atoms with Gasteiger partial charge in [0.05, 0.1) is 19.8 Å². The number of fused-ring (bicyclic) bond motifs is 1. The second-order valence-corrected chi connectivity index (χ2v) is 17.4. The number of nitrogens with zero attached hydrogens (tertiary/aromatic N) is 2. The van der Waals surface area contributed by atoms with Gasteiger partial charge in [0.1, 0.15) is 11.5 Å². The van der Waals surface area contributed by atoms with Crippen LogP contribution in [0.4, 0.5) is 11.4 Å². The molecule has 3 aliphatic rings. The summed E-state index contributed by atoms with van der Waals surface area (Å²) in [4.78, 5) is 19.2. The minimum atomic E-state index is -1.39. The maximum Gasteiger partial charge on any atom is 0.341 e. The van der Waals surface area contributed by atoms with Gasteiger partial charge >= 0.3 is 5.97 Å². The monoisotopic (exact) mass is 1000 g/mol. The zero-order valence-corrected chi connectivity index (χ0v) is 37.4. The van der Waals surface area contributed by atoms with Crippen molar-refractivity contribution >= 4 is 92.2 Å². The molecule has 0 spiro atoms. The number of cyclic esters (lactones) is 1. The second kappa shape index (κ2) is 16.6. The third-order valence-corrected chi connectivity index (χ3v) is 15.7. The van der Waals surface area contributed by atoms with Crippen LogP contribution in [0.3, 0.4) is 0 Å². The molecule has 0 unspecified atom stereocenters. The molecule has 3 heterocycles. The standard InChI is InChI=1S/C46H40Br4N2O4/c1-54-35-19-11-31(12-20-35)37(29-7-15-33(16-8-29)51-23-3-4-24-51)27-46(40-39(45(53)56-46)41(47)43(49)44(50)42(40)48)28-38(32-13-21-36(55-2)22-14-32)30-9-17-34(18-10-30)52-25-5-6-26-52/h7-22,27-28H,3-6,23-26H2,1-2H3/b37-27-,38-28-. The minimum absolute atomic E-state index is 0.440. The molecule has 2 fully saturated rings. The lowest BCUT2D eigenvalue weighted by Crippen LogP contribution is -2.23. The normalized spacial score (nSPS) is 16.6. The Balaban J connectivity index is 1.41. The van der Waals surface area contributed by atoms with Gasteiger partial charge in [-0.25, -0.2) is 4.79 Å². The number of hydrogen-bond donors (Lipinski definition) is 0. The summed E-state index contributed by atoms with van der Waals surface area (Å²) in [6, 6.07) is 33.5. The highest BCUT2D eigenvalue weighted by atomic mass is 79.9. The second-order valence-electron chi connectivity index (χ2n) is 14.2. The Morgan fingerprint density at radius 2 is 0.911 bits per heavy atom. The number of anilines is 2. The van der Waals surface area contributed by atoms with Crippen LogP contribution in [0, 0.1) is 0 Å². The number of esters is 1. The van der Waals surface area contributed by atoms with E-state index in [1.54, 1.807) is 14.2 Å². The van der Waals surface area contributed by atoms with Crippen LogP contribution in [0.5, 0.6) is 11.5 Å². The molecule has 0 aliphatic carbocycles. The highest BCUT2D eigenvalue weighted by molar-refractivity contribution is 9.15. The molecular formula is C46H40Br4N2O4. The van der Waals surface area contributed by atoms with Crippen molar-refractivity contribution in [1.29, 1.82) is 0 Å². The Morgan fingerprint density at radius 3 is 1.29 bits per heavy atom. The number of carbonyl (C=O) groups is 1. The number of hydrogen-bond acceptors (Lipinski definition) is 6. The predicted molar refractivity (Wildman–Crippen MR) is 240 cm³/mol. The fraction of sp³-hybridized carbons (Fsp3) is 0.239. The van der Waals surface area contributed by atoms with Gasteiger partial charge in [-0.15, -0.1) is 0 Å². The number of carbonyl (C=O) groups excluding carboxylic acids is 1. The summed E-state index contributed by atoms with van der Waals surface area (Å²) in [6.07, 6.45) is 9.00. The zero-order valence-electron chi connectivity index (χ0n) is 31.1. The van der Waals surface area contributed by atoms with Crippen LogP contribution in [0.1, 0.15) is 63.9 Å². The average Bonchev–Trinajstić information content (AvgIpc) is 4.03. The van der Waals surface area contributed by atoms with Gasteiger partial charge in [0, 0.05) is 61.0 Å². The SMILES string of the molecule is COc1ccc(/C(=C\C2(/C=C(\c3ccc(OC)cc3)c3ccc(N4CCCC4)cc3)OC(=O)c3c(Br)c(Br)c(Br)c(Br)c32)c2ccc(N3CCCC3)cc2)cc1. The topological polar surface area (TPSA) is 51.2 Å². The summed E-state index contributed by atoms with van der Waals surface area (Å²) in [5, 5.41) is 0. The van der Waals surface area contributed by atoms with Crippen LogP contribution in [0.25, 0.3) is 11.1 Å². The summed E-state index contributed by atoms with van der Waals surface area (Å²) in [7, 11) is 3.34. The molecule has 0 amide bonds. The lowest BCUT2D eigenvalue weighted by Gasteiger charge is -2.28. The van der Waals surface area contributed by atoms with E-state index in [4.69, 9.17) is 14.2 Å². The van der Waals surface area contributed by atoms with Gasteiger partial charge in [-0.2, -0.15) is 0 Å². The highest BCUT2D eigenvalue weighted by Gasteiger charge is 2.48. The molecule has 6 nitrogen and oxygen atoms in total. The molecule has 0 radical (unpaired) electrons. The fourth-order valence-corrected chi connectivity index (χ4v) is 10.6. The molecule has 56 heavy (non-hydrogen) atoms. The van der Waals surface area contributed by atoms with Gasteiger partial charge in [0.15, 0.2) is 5.60 Å². The number of methoxy groups -OCH3 is 2. The Bertz CT molecular complexity index is 2190.